The van der Waals surface area contributed by atoms with Crippen LogP contribution in [0.2, 0.25) is 0 Å². The average molecular weight is 466 g/mol. The van der Waals surface area contributed by atoms with Crippen molar-refractivity contribution in [2.75, 3.05) is 13.1 Å². The van der Waals surface area contributed by atoms with Gasteiger partial charge in [-0.15, -0.1) is 0 Å². The van der Waals surface area contributed by atoms with Gasteiger partial charge in [-0.25, -0.2) is 4.39 Å². The lowest BCUT2D eigenvalue weighted by Crippen LogP contribution is -2.57. The average Bonchev–Trinajstić information content (AvgIpc) is 3.25. The molecule has 0 radical (unpaired) electrons. The number of piperidine rings is 1. The largest absolute Gasteiger partial charge is 0.330 e. The molecular formula is C26H32FN5O2. The number of carbonyl (C=O) groups is 2. The molecule has 1 unspecified atom stereocenters. The number of hydrogen-bond donors (Lipinski definition) is 1. The molecule has 2 saturated carbocycles. The predicted molar refractivity (Wildman–Crippen MR) is 122 cm³/mol. The Kier molecular flexibility index (Phi) is 5.38. The summed E-state index contributed by atoms with van der Waals surface area (Å²) in [4.78, 5) is 32.5. The summed E-state index contributed by atoms with van der Waals surface area (Å²) < 4.78 is 13.6. The van der Waals surface area contributed by atoms with Crippen LogP contribution in [-0.4, -0.2) is 69.8 Å². The Balaban J connectivity index is 1.16. The number of carbonyl (C=O) groups excluding carboxylic acids is 2. The lowest BCUT2D eigenvalue weighted by Gasteiger charge is -2.42. The number of piperazine rings is 1. The van der Waals surface area contributed by atoms with E-state index in [4.69, 9.17) is 5.73 Å². The van der Waals surface area contributed by atoms with Crippen LogP contribution < -0.4 is 5.73 Å². The van der Waals surface area contributed by atoms with Crippen LogP contribution in [0.15, 0.2) is 24.3 Å². The van der Waals surface area contributed by atoms with Crippen molar-refractivity contribution in [3.8, 4) is 6.07 Å². The zero-order valence-corrected chi connectivity index (χ0v) is 19.4. The molecular weight excluding hydrogens is 433 g/mol. The first-order chi connectivity index (χ1) is 16.5. The molecule has 34 heavy (non-hydrogen) atoms. The number of benzene rings is 1. The molecule has 7 atom stereocenters. The Morgan fingerprint density at radius 3 is 2.59 bits per heavy atom. The second kappa shape index (κ2) is 8.31. The third-order valence-electron chi connectivity index (χ3n) is 8.93. The highest BCUT2D eigenvalue weighted by molar-refractivity contribution is 5.87. The second-order valence-electron chi connectivity index (χ2n) is 10.9. The number of nitrogens with two attached hydrogens (primary N) is 1. The third kappa shape index (κ3) is 3.52. The van der Waals surface area contributed by atoms with Gasteiger partial charge in [-0.1, -0.05) is 25.0 Å². The van der Waals surface area contributed by atoms with Gasteiger partial charge in [0.25, 0.3) is 0 Å². The van der Waals surface area contributed by atoms with E-state index in [2.05, 4.69) is 15.9 Å². The monoisotopic (exact) mass is 465 g/mol. The van der Waals surface area contributed by atoms with Crippen LogP contribution in [0.1, 0.15) is 56.6 Å². The van der Waals surface area contributed by atoms with E-state index in [1.54, 1.807) is 4.90 Å². The van der Waals surface area contributed by atoms with Crippen molar-refractivity contribution in [1.82, 2.24) is 14.7 Å². The minimum absolute atomic E-state index is 0.0177. The summed E-state index contributed by atoms with van der Waals surface area (Å²) in [5, 5.41) is 9.42. The fraction of sp³-hybridized carbons (Fsp3) is 0.654. The summed E-state index contributed by atoms with van der Waals surface area (Å²) in [7, 11) is 0. The standard InChI is InChI=1S/C26H32FN5O2/c27-18-7-5-16(6-8-18)24(15-3-1-2-4-15)32-20-11-23(26(32)34)30(13-20)14-21(29)25(33)31-19(12-28)9-17-10-22(17)31/h5-8,15,17,19-24H,1-4,9-11,13-14,29H2/t17-,19+,20?,21+,22+,23+,24-/m1/s1. The summed E-state index contributed by atoms with van der Waals surface area (Å²) in [6.07, 6.45) is 7.00. The summed E-state index contributed by atoms with van der Waals surface area (Å²) in [5.41, 5.74) is 7.37. The minimum Gasteiger partial charge on any atom is -0.330 e. The number of nitrogens with zero attached hydrogens (tertiary/aromatic N) is 4. The Labute approximate surface area is 199 Å². The minimum atomic E-state index is -0.724. The van der Waals surface area contributed by atoms with Crippen molar-refractivity contribution >= 4 is 11.8 Å². The molecule has 3 aliphatic heterocycles. The quantitative estimate of drug-likeness (QED) is 0.695. The maximum absolute atomic E-state index is 13.6. The normalized spacial score (nSPS) is 34.4. The molecule has 3 saturated heterocycles. The van der Waals surface area contributed by atoms with Gasteiger partial charge in [0.15, 0.2) is 0 Å². The maximum Gasteiger partial charge on any atom is 0.242 e. The maximum atomic E-state index is 13.6. The Hall–Kier alpha value is -2.50. The first-order valence-electron chi connectivity index (χ1n) is 12.8. The number of hydrogen-bond acceptors (Lipinski definition) is 5. The van der Waals surface area contributed by atoms with E-state index < -0.39 is 6.04 Å². The molecule has 0 aromatic heterocycles. The fourth-order valence-electron chi connectivity index (χ4n) is 7.26. The van der Waals surface area contributed by atoms with Crippen LogP contribution in [0.5, 0.6) is 0 Å². The molecule has 2 bridgehead atoms. The number of likely N-dealkylation sites (tertiary alicyclic amines) is 3. The summed E-state index contributed by atoms with van der Waals surface area (Å²) >= 11 is 0. The summed E-state index contributed by atoms with van der Waals surface area (Å²) in [6.45, 7) is 1.05. The second-order valence-corrected chi connectivity index (χ2v) is 10.9. The highest BCUT2D eigenvalue weighted by Gasteiger charge is 2.56. The van der Waals surface area contributed by atoms with Gasteiger partial charge in [0.05, 0.1) is 24.2 Å². The lowest BCUT2D eigenvalue weighted by molar-refractivity contribution is -0.142. The van der Waals surface area contributed by atoms with E-state index in [-0.39, 0.29) is 47.8 Å². The van der Waals surface area contributed by atoms with E-state index in [1.165, 1.54) is 25.0 Å². The molecule has 5 fully saturated rings. The van der Waals surface area contributed by atoms with Crippen LogP contribution in [0.4, 0.5) is 4.39 Å². The van der Waals surface area contributed by atoms with E-state index in [0.717, 1.165) is 37.7 Å². The van der Waals surface area contributed by atoms with Gasteiger partial charge in [-0.3, -0.25) is 14.5 Å². The van der Waals surface area contributed by atoms with Gasteiger partial charge in [-0.2, -0.15) is 5.26 Å². The van der Waals surface area contributed by atoms with Gasteiger partial charge in [0, 0.05) is 25.2 Å². The zero-order chi connectivity index (χ0) is 23.6. The van der Waals surface area contributed by atoms with Crippen molar-refractivity contribution in [2.45, 2.75) is 81.2 Å². The summed E-state index contributed by atoms with van der Waals surface area (Å²) in [6, 6.07) is 7.80. The molecule has 8 heteroatoms. The smallest absolute Gasteiger partial charge is 0.242 e. The number of rotatable bonds is 6. The van der Waals surface area contributed by atoms with Gasteiger partial charge in [-0.05, 0) is 61.6 Å². The molecule has 2 N–H and O–H groups in total. The molecule has 180 valence electrons. The molecule has 1 aromatic rings. The third-order valence-corrected chi connectivity index (χ3v) is 8.93. The highest BCUT2D eigenvalue weighted by atomic mass is 19.1. The van der Waals surface area contributed by atoms with Crippen LogP contribution in [0.3, 0.4) is 0 Å². The van der Waals surface area contributed by atoms with E-state index in [9.17, 15) is 19.2 Å². The van der Waals surface area contributed by atoms with Crippen LogP contribution in [0.25, 0.3) is 0 Å². The first kappa shape index (κ1) is 22.0. The molecule has 2 amide bonds. The number of amides is 2. The number of nitriles is 1. The van der Waals surface area contributed by atoms with Gasteiger partial charge in [0.1, 0.15) is 11.9 Å². The Bertz CT molecular complexity index is 1020. The SMILES string of the molecule is N#C[C@@H]1C[C@@H]2C[C@@H]2N1C(=O)[C@@H](N)CN1CC2C[C@H]1C(=O)N2[C@@H](c1ccc(F)cc1)C1CCCC1. The molecule has 7 nitrogen and oxygen atoms in total. The Morgan fingerprint density at radius 2 is 1.91 bits per heavy atom. The van der Waals surface area contributed by atoms with E-state index in [1.807, 2.05) is 12.1 Å². The highest BCUT2D eigenvalue weighted by Crippen LogP contribution is 2.48. The van der Waals surface area contributed by atoms with Gasteiger partial charge < -0.3 is 15.5 Å². The molecule has 5 aliphatic rings. The van der Waals surface area contributed by atoms with Crippen molar-refractivity contribution in [2.24, 2.45) is 17.6 Å². The van der Waals surface area contributed by atoms with E-state index >= 15 is 0 Å². The lowest BCUT2D eigenvalue weighted by atomic mass is 9.89. The number of fused-ring (bicyclic) bond motifs is 3. The molecule has 6 rings (SSSR count). The van der Waals surface area contributed by atoms with Crippen molar-refractivity contribution < 1.29 is 14.0 Å². The fourth-order valence-corrected chi connectivity index (χ4v) is 7.26. The van der Waals surface area contributed by atoms with Gasteiger partial charge >= 0.3 is 0 Å². The van der Waals surface area contributed by atoms with Crippen LogP contribution in [0, 0.1) is 29.0 Å². The van der Waals surface area contributed by atoms with E-state index in [0.29, 0.717) is 24.9 Å². The number of halogens is 1. The molecule has 2 aliphatic carbocycles. The van der Waals surface area contributed by atoms with Crippen LogP contribution in [-0.2, 0) is 9.59 Å². The van der Waals surface area contributed by atoms with Crippen molar-refractivity contribution in [1.29, 1.82) is 5.26 Å². The summed E-state index contributed by atoms with van der Waals surface area (Å²) in [5.74, 6) is 0.546. The topological polar surface area (TPSA) is 93.7 Å². The zero-order valence-electron chi connectivity index (χ0n) is 19.4. The van der Waals surface area contributed by atoms with Crippen LogP contribution >= 0.6 is 0 Å². The first-order valence-corrected chi connectivity index (χ1v) is 12.8. The Morgan fingerprint density at radius 1 is 1.18 bits per heavy atom. The predicted octanol–water partition coefficient (Wildman–Crippen LogP) is 2.18. The molecule has 0 spiro atoms. The molecule has 1 aromatic carbocycles. The van der Waals surface area contributed by atoms with Crippen molar-refractivity contribution in [3.05, 3.63) is 35.6 Å². The molecule has 3 heterocycles. The van der Waals surface area contributed by atoms with Crippen molar-refractivity contribution in [3.63, 3.8) is 0 Å². The van der Waals surface area contributed by atoms with Gasteiger partial charge in [0.2, 0.25) is 11.8 Å².